The predicted octanol–water partition coefficient (Wildman–Crippen LogP) is 2.85. The van der Waals surface area contributed by atoms with Gasteiger partial charge in [-0.2, -0.15) is 5.10 Å². The van der Waals surface area contributed by atoms with Crippen LogP contribution in [0.2, 0.25) is 0 Å². The molecule has 1 aromatic heterocycles. The van der Waals surface area contributed by atoms with E-state index in [0.717, 1.165) is 25.1 Å². The third kappa shape index (κ3) is 3.64. The van der Waals surface area contributed by atoms with Gasteiger partial charge in [-0.25, -0.2) is 8.42 Å². The quantitative estimate of drug-likeness (QED) is 0.934. The lowest BCUT2D eigenvalue weighted by molar-refractivity contribution is 0.136. The molecule has 0 aliphatic carbocycles. The first-order valence-electron chi connectivity index (χ1n) is 7.98. The molecule has 1 N–H and O–H groups in total. The second kappa shape index (κ2) is 6.45. The SMILES string of the molecule is Cc1cn[nH]c1C1CCCCN1Cc1ccc(S(C)(=O)=O)cc1. The van der Waals surface area contributed by atoms with E-state index in [2.05, 4.69) is 22.0 Å². The van der Waals surface area contributed by atoms with E-state index < -0.39 is 9.84 Å². The van der Waals surface area contributed by atoms with E-state index in [1.54, 1.807) is 12.1 Å². The highest BCUT2D eigenvalue weighted by molar-refractivity contribution is 7.90. The largest absolute Gasteiger partial charge is 0.291 e. The Morgan fingerprint density at radius 3 is 2.61 bits per heavy atom. The van der Waals surface area contributed by atoms with Crippen molar-refractivity contribution in [2.45, 2.75) is 43.7 Å². The molecule has 124 valence electrons. The van der Waals surface area contributed by atoms with Gasteiger partial charge in [-0.3, -0.25) is 10.00 Å². The van der Waals surface area contributed by atoms with E-state index in [0.29, 0.717) is 10.9 Å². The minimum Gasteiger partial charge on any atom is -0.291 e. The van der Waals surface area contributed by atoms with Crippen molar-refractivity contribution in [1.29, 1.82) is 0 Å². The van der Waals surface area contributed by atoms with Crippen molar-refractivity contribution in [2.24, 2.45) is 0 Å². The third-order valence-electron chi connectivity index (χ3n) is 4.55. The lowest BCUT2D eigenvalue weighted by Crippen LogP contribution is -2.33. The van der Waals surface area contributed by atoms with Crippen molar-refractivity contribution < 1.29 is 8.42 Å². The summed E-state index contributed by atoms with van der Waals surface area (Å²) in [6.45, 7) is 3.97. The molecule has 0 bridgehead atoms. The second-order valence-electron chi connectivity index (χ2n) is 6.36. The summed E-state index contributed by atoms with van der Waals surface area (Å²) in [4.78, 5) is 2.83. The second-order valence-corrected chi connectivity index (χ2v) is 8.38. The van der Waals surface area contributed by atoms with Gasteiger partial charge in [-0.05, 0) is 49.6 Å². The van der Waals surface area contributed by atoms with Crippen LogP contribution >= 0.6 is 0 Å². The van der Waals surface area contributed by atoms with Crippen LogP contribution in [0.1, 0.15) is 42.1 Å². The Labute approximate surface area is 137 Å². The van der Waals surface area contributed by atoms with Gasteiger partial charge >= 0.3 is 0 Å². The number of hydrogen-bond donors (Lipinski definition) is 1. The molecule has 1 aliphatic heterocycles. The van der Waals surface area contributed by atoms with Gasteiger partial charge in [0, 0.05) is 12.8 Å². The molecule has 2 aromatic rings. The number of rotatable bonds is 4. The monoisotopic (exact) mass is 333 g/mol. The molecule has 0 radical (unpaired) electrons. The number of nitrogens with zero attached hydrogens (tertiary/aromatic N) is 2. The van der Waals surface area contributed by atoms with E-state index in [1.165, 1.54) is 30.4 Å². The lowest BCUT2D eigenvalue weighted by Gasteiger charge is -2.35. The fraction of sp³-hybridized carbons (Fsp3) is 0.471. The summed E-state index contributed by atoms with van der Waals surface area (Å²) in [6, 6.07) is 7.60. The van der Waals surface area contributed by atoms with Gasteiger partial charge in [0.2, 0.25) is 0 Å². The number of benzene rings is 1. The molecule has 1 unspecified atom stereocenters. The van der Waals surface area contributed by atoms with Crippen LogP contribution in [0, 0.1) is 6.92 Å². The van der Waals surface area contributed by atoms with Gasteiger partial charge in [-0.15, -0.1) is 0 Å². The van der Waals surface area contributed by atoms with Crippen LogP contribution in [-0.4, -0.2) is 36.3 Å². The molecule has 0 spiro atoms. The van der Waals surface area contributed by atoms with Crippen molar-refractivity contribution in [3.63, 3.8) is 0 Å². The molecule has 6 heteroatoms. The molecule has 1 atom stereocenters. The molecule has 1 saturated heterocycles. The van der Waals surface area contributed by atoms with E-state index in [-0.39, 0.29) is 0 Å². The maximum atomic E-state index is 11.6. The van der Waals surface area contributed by atoms with Crippen LogP contribution in [0.25, 0.3) is 0 Å². The van der Waals surface area contributed by atoms with Gasteiger partial charge in [0.05, 0.1) is 22.8 Å². The van der Waals surface area contributed by atoms with Crippen LogP contribution in [0.15, 0.2) is 35.4 Å². The van der Waals surface area contributed by atoms with Crippen molar-refractivity contribution in [3.05, 3.63) is 47.3 Å². The number of piperidine rings is 1. The molecule has 0 amide bonds. The number of aromatic nitrogens is 2. The molecule has 1 fully saturated rings. The van der Waals surface area contributed by atoms with Crippen LogP contribution in [-0.2, 0) is 16.4 Å². The maximum absolute atomic E-state index is 11.6. The van der Waals surface area contributed by atoms with Crippen molar-refractivity contribution >= 4 is 9.84 Å². The van der Waals surface area contributed by atoms with Gasteiger partial charge < -0.3 is 0 Å². The Morgan fingerprint density at radius 2 is 2.00 bits per heavy atom. The number of sulfone groups is 1. The van der Waals surface area contributed by atoms with Gasteiger partial charge in [0.15, 0.2) is 9.84 Å². The third-order valence-corrected chi connectivity index (χ3v) is 5.68. The van der Waals surface area contributed by atoms with Crippen LogP contribution in [0.3, 0.4) is 0 Å². The molecular formula is C17H23N3O2S. The number of aryl methyl sites for hydroxylation is 1. The fourth-order valence-corrected chi connectivity index (χ4v) is 3.91. The highest BCUT2D eigenvalue weighted by atomic mass is 32.2. The zero-order chi connectivity index (χ0) is 16.4. The summed E-state index contributed by atoms with van der Waals surface area (Å²) < 4.78 is 23.1. The molecular weight excluding hydrogens is 310 g/mol. The van der Waals surface area contributed by atoms with Crippen LogP contribution < -0.4 is 0 Å². The number of nitrogens with one attached hydrogen (secondary N) is 1. The Bertz CT molecular complexity index is 765. The summed E-state index contributed by atoms with van der Waals surface area (Å²) in [6.07, 6.45) is 6.68. The topological polar surface area (TPSA) is 66.1 Å². The molecule has 3 rings (SSSR count). The van der Waals surface area contributed by atoms with Gasteiger partial charge in [0.25, 0.3) is 0 Å². The fourth-order valence-electron chi connectivity index (χ4n) is 3.28. The van der Waals surface area contributed by atoms with Crippen molar-refractivity contribution in [2.75, 3.05) is 12.8 Å². The summed E-state index contributed by atoms with van der Waals surface area (Å²) in [5.41, 5.74) is 3.55. The van der Waals surface area contributed by atoms with Gasteiger partial charge in [0.1, 0.15) is 0 Å². The molecule has 5 nitrogen and oxygen atoms in total. The average molecular weight is 333 g/mol. The van der Waals surface area contributed by atoms with E-state index >= 15 is 0 Å². The standard InChI is InChI=1S/C17H23N3O2S/c1-13-11-18-19-17(13)16-5-3-4-10-20(16)12-14-6-8-15(9-7-14)23(2,21)22/h6-9,11,16H,3-5,10,12H2,1-2H3,(H,18,19). The Hall–Kier alpha value is -1.66. The summed E-state index contributed by atoms with van der Waals surface area (Å²) >= 11 is 0. The highest BCUT2D eigenvalue weighted by Gasteiger charge is 2.26. The first kappa shape index (κ1) is 16.2. The first-order valence-corrected chi connectivity index (χ1v) is 9.87. The summed E-state index contributed by atoms with van der Waals surface area (Å²) in [5.74, 6) is 0. The van der Waals surface area contributed by atoms with Crippen LogP contribution in [0.4, 0.5) is 0 Å². The van der Waals surface area contributed by atoms with E-state index in [1.807, 2.05) is 18.3 Å². The van der Waals surface area contributed by atoms with E-state index in [4.69, 9.17) is 0 Å². The number of H-pyrrole nitrogens is 1. The maximum Gasteiger partial charge on any atom is 0.175 e. The van der Waals surface area contributed by atoms with E-state index in [9.17, 15) is 8.42 Å². The number of hydrogen-bond acceptors (Lipinski definition) is 4. The minimum atomic E-state index is -3.13. The zero-order valence-corrected chi connectivity index (χ0v) is 14.4. The average Bonchev–Trinajstić information content (AvgIpc) is 2.93. The molecule has 1 aliphatic rings. The first-order chi connectivity index (χ1) is 10.9. The van der Waals surface area contributed by atoms with Crippen LogP contribution in [0.5, 0.6) is 0 Å². The minimum absolute atomic E-state index is 0.362. The van der Waals surface area contributed by atoms with Crippen molar-refractivity contribution in [3.8, 4) is 0 Å². The highest BCUT2D eigenvalue weighted by Crippen LogP contribution is 2.32. The smallest absolute Gasteiger partial charge is 0.175 e. The number of likely N-dealkylation sites (tertiary alicyclic amines) is 1. The Balaban J connectivity index is 1.78. The summed E-state index contributed by atoms with van der Waals surface area (Å²) in [7, 11) is -3.13. The van der Waals surface area contributed by atoms with Gasteiger partial charge in [-0.1, -0.05) is 18.6 Å². The molecule has 1 aromatic carbocycles. The predicted molar refractivity (Wildman–Crippen MR) is 89.9 cm³/mol. The van der Waals surface area contributed by atoms with Crippen molar-refractivity contribution in [1.82, 2.24) is 15.1 Å². The molecule has 2 heterocycles. The summed E-state index contributed by atoms with van der Waals surface area (Å²) in [5, 5.41) is 7.31. The molecule has 0 saturated carbocycles. The normalized spacial score (nSPS) is 19.8. The lowest BCUT2D eigenvalue weighted by atomic mass is 9.97. The zero-order valence-electron chi connectivity index (χ0n) is 13.6. The Kier molecular flexibility index (Phi) is 4.55. The Morgan fingerprint density at radius 1 is 1.26 bits per heavy atom. The molecule has 23 heavy (non-hydrogen) atoms. The number of aromatic amines is 1.